The standard InChI is InChI=1S/C17H18BrFO2/c1-12-4-2-3-5-15(12)17(10-20,11-21)9-13-6-7-14(19)8-16(13)18/h2-8,20-21H,9-11H2,1H3. The molecule has 0 aliphatic heterocycles. The molecule has 0 unspecified atom stereocenters. The lowest BCUT2D eigenvalue weighted by Crippen LogP contribution is -2.38. The highest BCUT2D eigenvalue weighted by Crippen LogP contribution is 2.33. The van der Waals surface area contributed by atoms with Crippen molar-refractivity contribution in [2.24, 2.45) is 0 Å². The van der Waals surface area contributed by atoms with Crippen molar-refractivity contribution in [2.75, 3.05) is 13.2 Å². The summed E-state index contributed by atoms with van der Waals surface area (Å²) in [7, 11) is 0. The zero-order valence-electron chi connectivity index (χ0n) is 11.8. The molecule has 0 bridgehead atoms. The summed E-state index contributed by atoms with van der Waals surface area (Å²) in [5.41, 5.74) is 1.99. The number of aryl methyl sites for hydroxylation is 1. The molecule has 0 aromatic heterocycles. The molecule has 0 saturated heterocycles. The zero-order valence-corrected chi connectivity index (χ0v) is 13.4. The molecule has 21 heavy (non-hydrogen) atoms. The third-order valence-electron chi connectivity index (χ3n) is 3.87. The highest BCUT2D eigenvalue weighted by molar-refractivity contribution is 9.10. The number of hydrogen-bond acceptors (Lipinski definition) is 2. The Balaban J connectivity index is 2.46. The van der Waals surface area contributed by atoms with Gasteiger partial charge in [0.25, 0.3) is 0 Å². The molecule has 0 heterocycles. The van der Waals surface area contributed by atoms with Crippen molar-refractivity contribution in [2.45, 2.75) is 18.8 Å². The Morgan fingerprint density at radius 3 is 2.33 bits per heavy atom. The summed E-state index contributed by atoms with van der Waals surface area (Å²) in [4.78, 5) is 0. The van der Waals surface area contributed by atoms with E-state index < -0.39 is 5.41 Å². The summed E-state index contributed by atoms with van der Waals surface area (Å²) in [6.07, 6.45) is 0.422. The van der Waals surface area contributed by atoms with E-state index in [1.807, 2.05) is 31.2 Å². The lowest BCUT2D eigenvalue weighted by atomic mass is 9.75. The first-order chi connectivity index (χ1) is 10.0. The van der Waals surface area contributed by atoms with Crippen LogP contribution in [0.25, 0.3) is 0 Å². The Labute approximate surface area is 132 Å². The first-order valence-corrected chi connectivity index (χ1v) is 7.53. The maximum Gasteiger partial charge on any atom is 0.124 e. The van der Waals surface area contributed by atoms with Crippen LogP contribution in [-0.4, -0.2) is 23.4 Å². The van der Waals surface area contributed by atoms with Gasteiger partial charge in [0.15, 0.2) is 0 Å². The van der Waals surface area contributed by atoms with Crippen LogP contribution in [0.3, 0.4) is 0 Å². The van der Waals surface area contributed by atoms with E-state index in [4.69, 9.17) is 0 Å². The molecule has 112 valence electrons. The monoisotopic (exact) mass is 352 g/mol. The van der Waals surface area contributed by atoms with Crippen LogP contribution in [0.15, 0.2) is 46.9 Å². The van der Waals surface area contributed by atoms with Crippen molar-refractivity contribution in [3.05, 3.63) is 69.4 Å². The van der Waals surface area contributed by atoms with Gasteiger partial charge in [0.2, 0.25) is 0 Å². The van der Waals surface area contributed by atoms with Gasteiger partial charge in [-0.15, -0.1) is 0 Å². The number of aliphatic hydroxyl groups excluding tert-OH is 2. The number of rotatable bonds is 5. The van der Waals surface area contributed by atoms with E-state index in [1.165, 1.54) is 12.1 Å². The lowest BCUT2D eigenvalue weighted by molar-refractivity contribution is 0.115. The van der Waals surface area contributed by atoms with Gasteiger partial charge in [-0.05, 0) is 42.2 Å². The second-order valence-electron chi connectivity index (χ2n) is 5.32. The van der Waals surface area contributed by atoms with Crippen LogP contribution in [0.1, 0.15) is 16.7 Å². The summed E-state index contributed by atoms with van der Waals surface area (Å²) < 4.78 is 13.8. The molecule has 2 rings (SSSR count). The summed E-state index contributed by atoms with van der Waals surface area (Å²) in [6, 6.07) is 12.1. The van der Waals surface area contributed by atoms with Crippen LogP contribution >= 0.6 is 15.9 Å². The van der Waals surface area contributed by atoms with Gasteiger partial charge in [-0.25, -0.2) is 4.39 Å². The van der Waals surface area contributed by atoms with E-state index in [0.29, 0.717) is 10.9 Å². The fraction of sp³-hybridized carbons (Fsp3) is 0.294. The normalized spacial score (nSPS) is 11.7. The molecule has 2 nitrogen and oxygen atoms in total. The van der Waals surface area contributed by atoms with Crippen LogP contribution in [0.2, 0.25) is 0 Å². The molecule has 0 spiro atoms. The summed E-state index contributed by atoms with van der Waals surface area (Å²) in [5, 5.41) is 19.8. The topological polar surface area (TPSA) is 40.5 Å². The lowest BCUT2D eigenvalue weighted by Gasteiger charge is -2.32. The van der Waals surface area contributed by atoms with Gasteiger partial charge in [0.1, 0.15) is 5.82 Å². The fourth-order valence-electron chi connectivity index (χ4n) is 2.62. The van der Waals surface area contributed by atoms with E-state index in [1.54, 1.807) is 6.07 Å². The van der Waals surface area contributed by atoms with Gasteiger partial charge in [-0.2, -0.15) is 0 Å². The molecule has 4 heteroatoms. The van der Waals surface area contributed by atoms with Gasteiger partial charge in [-0.3, -0.25) is 0 Å². The van der Waals surface area contributed by atoms with Gasteiger partial charge < -0.3 is 10.2 Å². The molecule has 0 amide bonds. The zero-order chi connectivity index (χ0) is 15.5. The molecule has 0 radical (unpaired) electrons. The van der Waals surface area contributed by atoms with Gasteiger partial charge in [-0.1, -0.05) is 46.3 Å². The molecule has 2 aromatic rings. The Morgan fingerprint density at radius 1 is 1.10 bits per heavy atom. The second-order valence-corrected chi connectivity index (χ2v) is 6.18. The minimum atomic E-state index is -0.786. The highest BCUT2D eigenvalue weighted by Gasteiger charge is 2.33. The van der Waals surface area contributed by atoms with Crippen LogP contribution in [0.5, 0.6) is 0 Å². The van der Waals surface area contributed by atoms with Crippen molar-refractivity contribution in [3.63, 3.8) is 0 Å². The predicted octanol–water partition coefficient (Wildman–Crippen LogP) is 3.36. The summed E-state index contributed by atoms with van der Waals surface area (Å²) in [5.74, 6) is -0.319. The van der Waals surface area contributed by atoms with Crippen molar-refractivity contribution < 1.29 is 14.6 Å². The molecular formula is C17H18BrFO2. The quantitative estimate of drug-likeness (QED) is 0.866. The first-order valence-electron chi connectivity index (χ1n) is 6.74. The Kier molecular flexibility index (Phi) is 5.14. The molecule has 0 saturated carbocycles. The Morgan fingerprint density at radius 2 is 1.76 bits per heavy atom. The van der Waals surface area contributed by atoms with E-state index in [2.05, 4.69) is 15.9 Å². The predicted molar refractivity (Wildman–Crippen MR) is 84.8 cm³/mol. The van der Waals surface area contributed by atoms with Crippen LogP contribution in [0.4, 0.5) is 4.39 Å². The van der Waals surface area contributed by atoms with E-state index in [-0.39, 0.29) is 19.0 Å². The number of hydrogen-bond donors (Lipinski definition) is 2. The van der Waals surface area contributed by atoms with Crippen molar-refractivity contribution in [3.8, 4) is 0 Å². The second kappa shape index (κ2) is 6.69. The van der Waals surface area contributed by atoms with Gasteiger partial charge >= 0.3 is 0 Å². The summed E-state index contributed by atoms with van der Waals surface area (Å²) >= 11 is 3.35. The molecule has 0 aliphatic carbocycles. The third-order valence-corrected chi connectivity index (χ3v) is 4.60. The molecule has 2 N–H and O–H groups in total. The smallest absolute Gasteiger partial charge is 0.124 e. The van der Waals surface area contributed by atoms with Crippen molar-refractivity contribution >= 4 is 15.9 Å². The molecule has 2 aromatic carbocycles. The largest absolute Gasteiger partial charge is 0.395 e. The maximum absolute atomic E-state index is 13.2. The van der Waals surface area contributed by atoms with Crippen LogP contribution in [0, 0.1) is 12.7 Å². The SMILES string of the molecule is Cc1ccccc1C(CO)(CO)Cc1ccc(F)cc1Br. The average Bonchev–Trinajstić information content (AvgIpc) is 2.48. The van der Waals surface area contributed by atoms with Gasteiger partial charge in [0, 0.05) is 9.89 Å². The number of halogens is 2. The third kappa shape index (κ3) is 3.34. The Bertz CT molecular complexity index is 624. The maximum atomic E-state index is 13.2. The number of benzene rings is 2. The van der Waals surface area contributed by atoms with Crippen LogP contribution in [-0.2, 0) is 11.8 Å². The number of aliphatic hydroxyl groups is 2. The molecule has 0 aliphatic rings. The van der Waals surface area contributed by atoms with Gasteiger partial charge in [0.05, 0.1) is 13.2 Å². The molecule has 0 atom stereocenters. The molecular weight excluding hydrogens is 335 g/mol. The van der Waals surface area contributed by atoms with E-state index >= 15 is 0 Å². The summed E-state index contributed by atoms with van der Waals surface area (Å²) in [6.45, 7) is 1.59. The highest BCUT2D eigenvalue weighted by atomic mass is 79.9. The average molecular weight is 353 g/mol. The minimum Gasteiger partial charge on any atom is -0.395 e. The van der Waals surface area contributed by atoms with Crippen LogP contribution < -0.4 is 0 Å². The molecule has 0 fully saturated rings. The van der Waals surface area contributed by atoms with E-state index in [9.17, 15) is 14.6 Å². The minimum absolute atomic E-state index is 0.182. The van der Waals surface area contributed by atoms with E-state index in [0.717, 1.165) is 16.7 Å². The first kappa shape index (κ1) is 16.1. The van der Waals surface area contributed by atoms with Crippen molar-refractivity contribution in [1.29, 1.82) is 0 Å². The Hall–Kier alpha value is -1.23. The van der Waals surface area contributed by atoms with Crippen molar-refractivity contribution in [1.82, 2.24) is 0 Å². The fourth-order valence-corrected chi connectivity index (χ4v) is 3.12.